The summed E-state index contributed by atoms with van der Waals surface area (Å²) in [5.74, 6) is -0.255. The van der Waals surface area contributed by atoms with Gasteiger partial charge in [-0.15, -0.1) is 13.2 Å². The summed E-state index contributed by atoms with van der Waals surface area (Å²) >= 11 is 12.1. The Morgan fingerprint density at radius 2 is 1.46 bits per heavy atom. The maximum absolute atomic E-state index is 12.4. The summed E-state index contributed by atoms with van der Waals surface area (Å²) in [4.78, 5) is 0. The molecule has 0 spiro atoms. The Balaban J connectivity index is 1.66. The van der Waals surface area contributed by atoms with Crippen LogP contribution in [-0.4, -0.2) is 16.6 Å². The Labute approximate surface area is 167 Å². The molecule has 28 heavy (non-hydrogen) atoms. The van der Waals surface area contributed by atoms with Gasteiger partial charge < -0.3 is 4.74 Å². The fraction of sp³-hybridized carbons (Fsp3) is 0.0500. The van der Waals surface area contributed by atoms with Crippen LogP contribution in [0.5, 0.6) is 5.75 Å². The van der Waals surface area contributed by atoms with Crippen LogP contribution in [0.25, 0.3) is 33.3 Å². The van der Waals surface area contributed by atoms with Crippen LogP contribution in [0.3, 0.4) is 0 Å². The van der Waals surface area contributed by atoms with Crippen molar-refractivity contribution in [2.45, 2.75) is 6.36 Å². The first kappa shape index (κ1) is 18.7. The third-order valence-corrected chi connectivity index (χ3v) is 4.53. The molecule has 0 aliphatic heterocycles. The molecule has 1 heterocycles. The third kappa shape index (κ3) is 4.08. The zero-order valence-corrected chi connectivity index (χ0v) is 15.5. The molecule has 142 valence electrons. The second-order valence-electron chi connectivity index (χ2n) is 6.10. The molecule has 0 radical (unpaired) electrons. The molecule has 0 atom stereocenters. The van der Waals surface area contributed by atoms with Crippen molar-refractivity contribution in [2.24, 2.45) is 0 Å². The highest BCUT2D eigenvalue weighted by molar-refractivity contribution is 6.35. The van der Waals surface area contributed by atoms with E-state index in [-0.39, 0.29) is 5.75 Å². The molecule has 0 aliphatic rings. The van der Waals surface area contributed by atoms with E-state index < -0.39 is 6.36 Å². The maximum Gasteiger partial charge on any atom is 0.573 e. The third-order valence-electron chi connectivity index (χ3n) is 4.09. The van der Waals surface area contributed by atoms with Crippen molar-refractivity contribution in [3.05, 3.63) is 70.7 Å². The number of halogens is 5. The fourth-order valence-electron chi connectivity index (χ4n) is 2.91. The SMILES string of the molecule is FC(F)(F)Oc1ccc2cc(-c3cc(-c4cc(Cl)cc(Cl)c4)n[nH]3)ccc2c1. The Hall–Kier alpha value is -2.70. The van der Waals surface area contributed by atoms with Crippen molar-refractivity contribution < 1.29 is 17.9 Å². The lowest BCUT2D eigenvalue weighted by Crippen LogP contribution is -2.16. The summed E-state index contributed by atoms with van der Waals surface area (Å²) in [5, 5.41) is 9.67. The predicted octanol–water partition coefficient (Wildman–Crippen LogP) is 7.10. The largest absolute Gasteiger partial charge is 0.573 e. The Kier molecular flexibility index (Phi) is 4.69. The Bertz CT molecular complexity index is 1150. The molecular weight excluding hydrogens is 412 g/mol. The number of hydrogen-bond donors (Lipinski definition) is 1. The van der Waals surface area contributed by atoms with Crippen LogP contribution in [0.15, 0.2) is 60.7 Å². The minimum absolute atomic E-state index is 0.255. The number of nitrogens with zero attached hydrogens (tertiary/aromatic N) is 1. The Morgan fingerprint density at radius 3 is 2.18 bits per heavy atom. The molecular formula is C20H11Cl2F3N2O. The first-order valence-electron chi connectivity index (χ1n) is 8.09. The number of rotatable bonds is 3. The van der Waals surface area contributed by atoms with Crippen LogP contribution >= 0.6 is 23.2 Å². The van der Waals surface area contributed by atoms with Crippen LogP contribution in [0, 0.1) is 0 Å². The molecule has 0 saturated carbocycles. The summed E-state index contributed by atoms with van der Waals surface area (Å²) in [6.45, 7) is 0. The van der Waals surface area contributed by atoms with E-state index in [4.69, 9.17) is 23.2 Å². The predicted molar refractivity (Wildman–Crippen MR) is 104 cm³/mol. The fourth-order valence-corrected chi connectivity index (χ4v) is 3.43. The van der Waals surface area contributed by atoms with Crippen molar-refractivity contribution in [3.8, 4) is 28.3 Å². The van der Waals surface area contributed by atoms with Crippen molar-refractivity contribution >= 4 is 34.0 Å². The molecule has 4 rings (SSSR count). The van der Waals surface area contributed by atoms with Gasteiger partial charge in [0.25, 0.3) is 0 Å². The topological polar surface area (TPSA) is 37.9 Å². The van der Waals surface area contributed by atoms with Gasteiger partial charge in [0.2, 0.25) is 0 Å². The van der Waals surface area contributed by atoms with Gasteiger partial charge in [-0.05, 0) is 53.2 Å². The van der Waals surface area contributed by atoms with E-state index in [2.05, 4.69) is 14.9 Å². The molecule has 0 saturated heterocycles. The zero-order chi connectivity index (χ0) is 19.9. The summed E-state index contributed by atoms with van der Waals surface area (Å²) < 4.78 is 41.1. The summed E-state index contributed by atoms with van der Waals surface area (Å²) in [6.07, 6.45) is -4.72. The summed E-state index contributed by atoms with van der Waals surface area (Å²) in [7, 11) is 0. The first-order valence-corrected chi connectivity index (χ1v) is 8.84. The number of H-pyrrole nitrogens is 1. The molecule has 0 amide bonds. The van der Waals surface area contributed by atoms with Crippen molar-refractivity contribution in [3.63, 3.8) is 0 Å². The zero-order valence-electron chi connectivity index (χ0n) is 14.0. The van der Waals surface area contributed by atoms with Crippen LogP contribution < -0.4 is 4.74 Å². The van der Waals surface area contributed by atoms with E-state index in [0.717, 1.165) is 22.2 Å². The molecule has 4 aromatic rings. The average molecular weight is 423 g/mol. The number of hydrogen-bond acceptors (Lipinski definition) is 2. The highest BCUT2D eigenvalue weighted by Crippen LogP contribution is 2.31. The van der Waals surface area contributed by atoms with E-state index in [0.29, 0.717) is 21.1 Å². The van der Waals surface area contributed by atoms with Crippen LogP contribution in [-0.2, 0) is 0 Å². The van der Waals surface area contributed by atoms with Gasteiger partial charge in [0.05, 0.1) is 11.4 Å². The number of benzene rings is 3. The quantitative estimate of drug-likeness (QED) is 0.382. The minimum Gasteiger partial charge on any atom is -0.406 e. The van der Waals surface area contributed by atoms with E-state index in [1.165, 1.54) is 12.1 Å². The maximum atomic E-state index is 12.4. The van der Waals surface area contributed by atoms with E-state index >= 15 is 0 Å². The second kappa shape index (κ2) is 7.04. The standard InChI is InChI=1S/C20H11Cl2F3N2O/c21-15-6-14(7-16(22)9-15)19-10-18(26-27-19)13-2-1-12-8-17(28-20(23,24)25)4-3-11(12)5-13/h1-10H,(H,26,27). The van der Waals surface area contributed by atoms with Gasteiger partial charge in [0.1, 0.15) is 5.75 Å². The lowest BCUT2D eigenvalue weighted by Gasteiger charge is -2.09. The minimum atomic E-state index is -4.72. The van der Waals surface area contributed by atoms with Gasteiger partial charge in [0, 0.05) is 21.2 Å². The molecule has 0 aliphatic carbocycles. The molecule has 3 nitrogen and oxygen atoms in total. The van der Waals surface area contributed by atoms with Crippen molar-refractivity contribution in [1.82, 2.24) is 10.2 Å². The van der Waals surface area contributed by atoms with Gasteiger partial charge in [-0.25, -0.2) is 0 Å². The lowest BCUT2D eigenvalue weighted by atomic mass is 10.0. The summed E-state index contributed by atoms with van der Waals surface area (Å²) in [5.41, 5.74) is 3.04. The van der Waals surface area contributed by atoms with Crippen LogP contribution in [0.1, 0.15) is 0 Å². The smallest absolute Gasteiger partial charge is 0.406 e. The molecule has 3 aromatic carbocycles. The number of alkyl halides is 3. The normalized spacial score (nSPS) is 11.8. The first-order chi connectivity index (χ1) is 13.3. The Morgan fingerprint density at radius 1 is 0.786 bits per heavy atom. The number of aromatic nitrogens is 2. The average Bonchev–Trinajstić information content (AvgIpc) is 3.09. The number of nitrogens with one attached hydrogen (secondary N) is 1. The van der Waals surface area contributed by atoms with E-state index in [9.17, 15) is 13.2 Å². The number of fused-ring (bicyclic) bond motifs is 1. The molecule has 0 fully saturated rings. The van der Waals surface area contributed by atoms with E-state index in [1.807, 2.05) is 12.1 Å². The number of ether oxygens (including phenoxy) is 1. The molecule has 0 unspecified atom stereocenters. The summed E-state index contributed by atoms with van der Waals surface area (Å²) in [6, 6.07) is 16.6. The van der Waals surface area contributed by atoms with Gasteiger partial charge >= 0.3 is 6.36 Å². The molecule has 1 N–H and O–H groups in total. The van der Waals surface area contributed by atoms with Crippen LogP contribution in [0.4, 0.5) is 13.2 Å². The monoisotopic (exact) mass is 422 g/mol. The molecule has 1 aromatic heterocycles. The highest BCUT2D eigenvalue weighted by Gasteiger charge is 2.31. The van der Waals surface area contributed by atoms with Gasteiger partial charge in [-0.3, -0.25) is 5.10 Å². The van der Waals surface area contributed by atoms with Crippen molar-refractivity contribution in [2.75, 3.05) is 0 Å². The molecule has 0 bridgehead atoms. The van der Waals surface area contributed by atoms with E-state index in [1.54, 1.807) is 36.4 Å². The number of aromatic amines is 1. The second-order valence-corrected chi connectivity index (χ2v) is 6.97. The molecule has 8 heteroatoms. The highest BCUT2D eigenvalue weighted by atomic mass is 35.5. The van der Waals surface area contributed by atoms with Crippen molar-refractivity contribution in [1.29, 1.82) is 0 Å². The van der Waals surface area contributed by atoms with Crippen LogP contribution in [0.2, 0.25) is 10.0 Å². The van der Waals surface area contributed by atoms with Gasteiger partial charge in [0.15, 0.2) is 0 Å². The van der Waals surface area contributed by atoms with Gasteiger partial charge in [-0.2, -0.15) is 5.10 Å². The van der Waals surface area contributed by atoms with Gasteiger partial charge in [-0.1, -0.05) is 41.4 Å². The lowest BCUT2D eigenvalue weighted by molar-refractivity contribution is -0.274.